The Morgan fingerprint density at radius 1 is 1.28 bits per heavy atom. The fourth-order valence-corrected chi connectivity index (χ4v) is 1.88. The zero-order chi connectivity index (χ0) is 13.8. The van der Waals surface area contributed by atoms with E-state index in [-0.39, 0.29) is 5.91 Å². The van der Waals surface area contributed by atoms with Gasteiger partial charge in [0.15, 0.2) is 0 Å². The van der Waals surface area contributed by atoms with Crippen molar-refractivity contribution >= 4 is 5.91 Å². The van der Waals surface area contributed by atoms with Crippen molar-refractivity contribution in [2.75, 3.05) is 19.6 Å². The molecule has 0 aliphatic heterocycles. The zero-order valence-electron chi connectivity index (χ0n) is 11.8. The second kappa shape index (κ2) is 11.0. The lowest BCUT2D eigenvalue weighted by Gasteiger charge is -2.23. The Hall–Kier alpha value is -1.08. The number of amides is 1. The molecular weight excluding hydrogens is 226 g/mol. The van der Waals surface area contributed by atoms with Gasteiger partial charge in [-0.05, 0) is 25.3 Å². The smallest absolute Gasteiger partial charge is 0.222 e. The normalized spacial score (nSPS) is 10.4. The van der Waals surface area contributed by atoms with Gasteiger partial charge in [-0.15, -0.1) is 0 Å². The molecule has 0 fully saturated rings. The molecule has 0 aromatic rings. The molecule has 4 heteroatoms. The molecule has 0 heterocycles. The minimum atomic E-state index is 0.187. The van der Waals surface area contributed by atoms with Gasteiger partial charge in [0.25, 0.3) is 0 Å². The molecule has 104 valence electrons. The summed E-state index contributed by atoms with van der Waals surface area (Å²) in [6.45, 7) is 6.23. The molecule has 2 N–H and O–H groups in total. The first-order valence-corrected chi connectivity index (χ1v) is 6.96. The van der Waals surface area contributed by atoms with Crippen LogP contribution in [-0.4, -0.2) is 30.4 Å². The van der Waals surface area contributed by atoms with Gasteiger partial charge in [0.05, 0.1) is 12.5 Å². The van der Waals surface area contributed by atoms with Crippen molar-refractivity contribution in [3.05, 3.63) is 0 Å². The molecule has 4 nitrogen and oxygen atoms in total. The predicted molar refractivity (Wildman–Crippen MR) is 73.8 cm³/mol. The van der Waals surface area contributed by atoms with E-state index >= 15 is 0 Å². The van der Waals surface area contributed by atoms with E-state index in [1.807, 2.05) is 4.90 Å². The SMILES string of the molecule is CC(C)CN(CCC#N)C(=O)CCCCCCN. The Morgan fingerprint density at radius 2 is 1.94 bits per heavy atom. The van der Waals surface area contributed by atoms with Crippen molar-refractivity contribution in [1.82, 2.24) is 4.90 Å². The first-order chi connectivity index (χ1) is 8.61. The first kappa shape index (κ1) is 16.9. The third-order valence-corrected chi connectivity index (χ3v) is 2.78. The largest absolute Gasteiger partial charge is 0.341 e. The summed E-state index contributed by atoms with van der Waals surface area (Å²) >= 11 is 0. The van der Waals surface area contributed by atoms with Crippen molar-refractivity contribution in [2.24, 2.45) is 11.7 Å². The lowest BCUT2D eigenvalue weighted by atomic mass is 10.1. The summed E-state index contributed by atoms with van der Waals surface area (Å²) in [6.07, 6.45) is 5.16. The van der Waals surface area contributed by atoms with Crippen molar-refractivity contribution in [1.29, 1.82) is 5.26 Å². The summed E-state index contributed by atoms with van der Waals surface area (Å²) < 4.78 is 0. The Morgan fingerprint density at radius 3 is 2.50 bits per heavy atom. The molecule has 0 unspecified atom stereocenters. The lowest BCUT2D eigenvalue weighted by molar-refractivity contribution is -0.131. The van der Waals surface area contributed by atoms with Gasteiger partial charge < -0.3 is 10.6 Å². The van der Waals surface area contributed by atoms with E-state index in [9.17, 15) is 4.79 Å². The number of unbranched alkanes of at least 4 members (excludes halogenated alkanes) is 3. The number of carbonyl (C=O) groups excluding carboxylic acids is 1. The van der Waals surface area contributed by atoms with E-state index in [1.165, 1.54) is 0 Å². The van der Waals surface area contributed by atoms with Crippen LogP contribution >= 0.6 is 0 Å². The van der Waals surface area contributed by atoms with Crippen LogP contribution in [0.3, 0.4) is 0 Å². The van der Waals surface area contributed by atoms with Crippen LogP contribution in [0.4, 0.5) is 0 Å². The summed E-state index contributed by atoms with van der Waals surface area (Å²) in [5, 5.41) is 8.60. The molecule has 0 bridgehead atoms. The highest BCUT2D eigenvalue weighted by Gasteiger charge is 2.13. The van der Waals surface area contributed by atoms with Crippen molar-refractivity contribution < 1.29 is 4.79 Å². The molecule has 0 saturated heterocycles. The molecule has 0 aromatic carbocycles. The lowest BCUT2D eigenvalue weighted by Crippen LogP contribution is -2.34. The van der Waals surface area contributed by atoms with Crippen LogP contribution < -0.4 is 5.73 Å². The summed E-state index contributed by atoms with van der Waals surface area (Å²) in [5.41, 5.74) is 5.42. The number of nitrogens with two attached hydrogens (primary N) is 1. The number of hydrogen-bond acceptors (Lipinski definition) is 3. The Bertz CT molecular complexity index is 258. The van der Waals surface area contributed by atoms with Gasteiger partial charge in [-0.1, -0.05) is 26.7 Å². The highest BCUT2D eigenvalue weighted by atomic mass is 16.2. The summed E-state index contributed by atoms with van der Waals surface area (Å²) in [6, 6.07) is 2.10. The maximum absolute atomic E-state index is 12.0. The molecule has 0 saturated carbocycles. The maximum Gasteiger partial charge on any atom is 0.222 e. The molecule has 0 atom stereocenters. The Kier molecular flexibility index (Phi) is 10.4. The van der Waals surface area contributed by atoms with Crippen molar-refractivity contribution in [2.45, 2.75) is 52.4 Å². The van der Waals surface area contributed by atoms with Gasteiger partial charge in [0, 0.05) is 19.5 Å². The van der Waals surface area contributed by atoms with Crippen LogP contribution in [0.25, 0.3) is 0 Å². The van der Waals surface area contributed by atoms with Gasteiger partial charge >= 0.3 is 0 Å². The molecule has 0 spiro atoms. The zero-order valence-corrected chi connectivity index (χ0v) is 11.8. The van der Waals surface area contributed by atoms with Crippen molar-refractivity contribution in [3.63, 3.8) is 0 Å². The second-order valence-corrected chi connectivity index (χ2v) is 5.09. The highest BCUT2D eigenvalue weighted by molar-refractivity contribution is 5.76. The van der Waals surface area contributed by atoms with Crippen LogP contribution in [0.5, 0.6) is 0 Å². The Labute approximate surface area is 111 Å². The van der Waals surface area contributed by atoms with E-state index in [4.69, 9.17) is 11.0 Å². The third kappa shape index (κ3) is 9.00. The molecule has 0 radical (unpaired) electrons. The minimum Gasteiger partial charge on any atom is -0.341 e. The van der Waals surface area contributed by atoms with Crippen molar-refractivity contribution in [3.8, 4) is 6.07 Å². The topological polar surface area (TPSA) is 70.1 Å². The third-order valence-electron chi connectivity index (χ3n) is 2.78. The Balaban J connectivity index is 3.93. The molecule has 0 aromatic heterocycles. The molecule has 0 aliphatic rings. The quantitative estimate of drug-likeness (QED) is 0.607. The average molecular weight is 253 g/mol. The number of nitrogens with zero attached hydrogens (tertiary/aromatic N) is 2. The van der Waals surface area contributed by atoms with E-state index in [2.05, 4.69) is 19.9 Å². The van der Waals surface area contributed by atoms with E-state index in [0.717, 1.165) is 38.8 Å². The predicted octanol–water partition coefficient (Wildman–Crippen LogP) is 2.29. The molecule has 18 heavy (non-hydrogen) atoms. The van der Waals surface area contributed by atoms with Crippen LogP contribution in [0.15, 0.2) is 0 Å². The fraction of sp³-hybridized carbons (Fsp3) is 0.857. The first-order valence-electron chi connectivity index (χ1n) is 6.96. The van der Waals surface area contributed by atoms with Gasteiger partial charge in [-0.2, -0.15) is 5.26 Å². The highest BCUT2D eigenvalue weighted by Crippen LogP contribution is 2.08. The van der Waals surface area contributed by atoms with E-state index < -0.39 is 0 Å². The van der Waals surface area contributed by atoms with Gasteiger partial charge in [0.2, 0.25) is 5.91 Å². The van der Waals surface area contributed by atoms with E-state index in [0.29, 0.717) is 25.3 Å². The fourth-order valence-electron chi connectivity index (χ4n) is 1.88. The van der Waals surface area contributed by atoms with Gasteiger partial charge in [-0.25, -0.2) is 0 Å². The summed E-state index contributed by atoms with van der Waals surface area (Å²) in [4.78, 5) is 13.8. The van der Waals surface area contributed by atoms with Crippen LogP contribution in [0.2, 0.25) is 0 Å². The minimum absolute atomic E-state index is 0.187. The standard InChI is InChI=1S/C14H27N3O/c1-13(2)12-17(11-7-10-16)14(18)8-5-3-4-6-9-15/h13H,3-9,11-12,15H2,1-2H3. The molecule has 1 amide bonds. The van der Waals surface area contributed by atoms with Gasteiger partial charge in [0.1, 0.15) is 0 Å². The van der Waals surface area contributed by atoms with Crippen LogP contribution in [0.1, 0.15) is 52.4 Å². The molecule has 0 rings (SSSR count). The summed E-state index contributed by atoms with van der Waals surface area (Å²) in [7, 11) is 0. The number of carbonyl (C=O) groups is 1. The van der Waals surface area contributed by atoms with E-state index in [1.54, 1.807) is 0 Å². The number of nitriles is 1. The number of hydrogen-bond donors (Lipinski definition) is 1. The maximum atomic E-state index is 12.0. The number of rotatable bonds is 10. The molecular formula is C14H27N3O. The average Bonchev–Trinajstić information content (AvgIpc) is 2.33. The molecule has 0 aliphatic carbocycles. The van der Waals surface area contributed by atoms with Gasteiger partial charge in [-0.3, -0.25) is 4.79 Å². The monoisotopic (exact) mass is 253 g/mol. The van der Waals surface area contributed by atoms with Crippen LogP contribution in [0, 0.1) is 17.2 Å². The van der Waals surface area contributed by atoms with Crippen LogP contribution in [-0.2, 0) is 4.79 Å². The second-order valence-electron chi connectivity index (χ2n) is 5.09. The summed E-state index contributed by atoms with van der Waals surface area (Å²) in [5.74, 6) is 0.636.